The quantitative estimate of drug-likeness (QED) is 0.726. The van der Waals surface area contributed by atoms with Gasteiger partial charge < -0.3 is 9.88 Å². The van der Waals surface area contributed by atoms with Crippen LogP contribution in [0.3, 0.4) is 0 Å². The zero-order chi connectivity index (χ0) is 20.5. The van der Waals surface area contributed by atoms with E-state index in [1.807, 2.05) is 43.5 Å². The Morgan fingerprint density at radius 3 is 2.63 bits per heavy atom. The van der Waals surface area contributed by atoms with Crippen molar-refractivity contribution in [1.29, 1.82) is 0 Å². The Kier molecular flexibility index (Phi) is 3.68. The van der Waals surface area contributed by atoms with Crippen molar-refractivity contribution < 1.29 is 4.79 Å². The summed E-state index contributed by atoms with van der Waals surface area (Å²) >= 11 is 0. The molecule has 2 atom stereocenters. The predicted octanol–water partition coefficient (Wildman–Crippen LogP) is 3.69. The number of rotatable bonds is 3. The number of carbonyl (C=O) groups is 1. The summed E-state index contributed by atoms with van der Waals surface area (Å²) in [6.45, 7) is 1.93. The highest BCUT2D eigenvalue weighted by Crippen LogP contribution is 2.62. The summed E-state index contributed by atoms with van der Waals surface area (Å²) in [5.41, 5.74) is 3.17. The third-order valence-corrected chi connectivity index (χ3v) is 7.66. The first kappa shape index (κ1) is 18.0. The SMILES string of the molecule is Cc1cccc(C(=O)NC23CC4CC(C2)CC(c2nc5cccnc5n2C)(C4)C3)n1. The van der Waals surface area contributed by atoms with Crippen LogP contribution in [0, 0.1) is 18.8 Å². The molecule has 3 aromatic heterocycles. The third-order valence-electron chi connectivity index (χ3n) is 7.66. The lowest BCUT2D eigenvalue weighted by atomic mass is 9.46. The lowest BCUT2D eigenvalue weighted by molar-refractivity contribution is -0.0414. The molecule has 6 nitrogen and oxygen atoms in total. The van der Waals surface area contributed by atoms with Gasteiger partial charge in [-0.3, -0.25) is 4.79 Å². The molecule has 4 bridgehead atoms. The molecule has 0 aromatic carbocycles. The summed E-state index contributed by atoms with van der Waals surface area (Å²) in [7, 11) is 2.10. The van der Waals surface area contributed by atoms with Gasteiger partial charge in [-0.2, -0.15) is 0 Å². The van der Waals surface area contributed by atoms with E-state index < -0.39 is 0 Å². The number of fused-ring (bicyclic) bond motifs is 1. The van der Waals surface area contributed by atoms with Gasteiger partial charge in [-0.15, -0.1) is 0 Å². The average molecular weight is 402 g/mol. The summed E-state index contributed by atoms with van der Waals surface area (Å²) in [6, 6.07) is 9.65. The molecule has 4 aliphatic rings. The second-order valence-electron chi connectivity index (χ2n) is 9.98. The standard InChI is InChI=1S/C24H27N5O/c1-15-5-3-6-19(26-15)21(30)28-24-12-16-9-17(13-24)11-23(10-16,14-24)22-27-18-7-4-8-25-20(18)29(22)2/h3-8,16-17H,9-14H2,1-2H3,(H,28,30). The summed E-state index contributed by atoms with van der Waals surface area (Å²) in [5, 5.41) is 3.46. The van der Waals surface area contributed by atoms with E-state index in [1.54, 1.807) is 0 Å². The van der Waals surface area contributed by atoms with E-state index in [2.05, 4.69) is 26.9 Å². The highest BCUT2D eigenvalue weighted by atomic mass is 16.2. The normalized spacial score (nSPS) is 31.9. The van der Waals surface area contributed by atoms with Crippen molar-refractivity contribution in [2.24, 2.45) is 18.9 Å². The van der Waals surface area contributed by atoms with Crippen LogP contribution in [0.15, 0.2) is 36.5 Å². The Balaban J connectivity index is 1.38. The van der Waals surface area contributed by atoms with Gasteiger partial charge in [0, 0.05) is 29.9 Å². The maximum atomic E-state index is 13.1. The summed E-state index contributed by atoms with van der Waals surface area (Å²) < 4.78 is 2.19. The monoisotopic (exact) mass is 401 g/mol. The first-order chi connectivity index (χ1) is 14.5. The highest BCUT2D eigenvalue weighted by Gasteiger charge is 2.60. The molecule has 4 saturated carbocycles. The molecule has 3 aromatic rings. The number of aromatic nitrogens is 4. The lowest BCUT2D eigenvalue weighted by Crippen LogP contribution is -2.64. The minimum absolute atomic E-state index is 0.0207. The minimum Gasteiger partial charge on any atom is -0.345 e. The smallest absolute Gasteiger partial charge is 0.270 e. The third kappa shape index (κ3) is 2.62. The van der Waals surface area contributed by atoms with Crippen LogP contribution in [0.25, 0.3) is 11.2 Å². The molecule has 0 radical (unpaired) electrons. The second kappa shape index (κ2) is 6.13. The number of aryl methyl sites for hydroxylation is 2. The Morgan fingerprint density at radius 1 is 1.10 bits per heavy atom. The Bertz CT molecular complexity index is 1150. The number of pyridine rings is 2. The lowest BCUT2D eigenvalue weighted by Gasteiger charge is -2.61. The summed E-state index contributed by atoms with van der Waals surface area (Å²) in [5.74, 6) is 2.40. The van der Waals surface area contributed by atoms with Crippen molar-refractivity contribution in [1.82, 2.24) is 24.8 Å². The van der Waals surface area contributed by atoms with E-state index in [1.165, 1.54) is 19.3 Å². The van der Waals surface area contributed by atoms with Crippen LogP contribution in [0.2, 0.25) is 0 Å². The molecule has 4 fully saturated rings. The molecular weight excluding hydrogens is 374 g/mol. The van der Waals surface area contributed by atoms with Gasteiger partial charge in [0.05, 0.1) is 0 Å². The molecule has 154 valence electrons. The predicted molar refractivity (Wildman–Crippen MR) is 114 cm³/mol. The fourth-order valence-electron chi connectivity index (χ4n) is 7.14. The van der Waals surface area contributed by atoms with E-state index in [9.17, 15) is 4.79 Å². The van der Waals surface area contributed by atoms with Crippen molar-refractivity contribution in [3.05, 3.63) is 53.7 Å². The zero-order valence-electron chi connectivity index (χ0n) is 17.6. The van der Waals surface area contributed by atoms with E-state index in [-0.39, 0.29) is 16.9 Å². The first-order valence-electron chi connectivity index (χ1n) is 11.0. The van der Waals surface area contributed by atoms with Crippen LogP contribution >= 0.6 is 0 Å². The van der Waals surface area contributed by atoms with Crippen LogP contribution in [0.4, 0.5) is 0 Å². The van der Waals surface area contributed by atoms with Gasteiger partial charge in [-0.05, 0) is 81.5 Å². The molecule has 0 saturated heterocycles. The number of carbonyl (C=O) groups excluding carboxylic acids is 1. The maximum absolute atomic E-state index is 13.1. The van der Waals surface area contributed by atoms with E-state index in [0.717, 1.165) is 41.9 Å². The van der Waals surface area contributed by atoms with Crippen LogP contribution in [0.5, 0.6) is 0 Å². The molecule has 6 heteroatoms. The Labute approximate surface area is 176 Å². The topological polar surface area (TPSA) is 72.7 Å². The summed E-state index contributed by atoms with van der Waals surface area (Å²) in [6.07, 6.45) is 8.56. The average Bonchev–Trinajstić information content (AvgIpc) is 3.04. The van der Waals surface area contributed by atoms with Crippen LogP contribution in [-0.2, 0) is 12.5 Å². The molecule has 2 unspecified atom stereocenters. The highest BCUT2D eigenvalue weighted by molar-refractivity contribution is 5.92. The molecule has 4 aliphatic carbocycles. The second-order valence-corrected chi connectivity index (χ2v) is 9.98. The van der Waals surface area contributed by atoms with Crippen LogP contribution < -0.4 is 5.32 Å². The molecule has 0 aliphatic heterocycles. The van der Waals surface area contributed by atoms with Gasteiger partial charge in [0.1, 0.15) is 17.0 Å². The van der Waals surface area contributed by atoms with Gasteiger partial charge in [-0.25, -0.2) is 15.0 Å². The van der Waals surface area contributed by atoms with Gasteiger partial charge in [0.2, 0.25) is 0 Å². The molecule has 7 rings (SSSR count). The van der Waals surface area contributed by atoms with Crippen molar-refractivity contribution in [2.75, 3.05) is 0 Å². The van der Waals surface area contributed by atoms with Gasteiger partial charge >= 0.3 is 0 Å². The van der Waals surface area contributed by atoms with Crippen LogP contribution in [-0.4, -0.2) is 31.0 Å². The van der Waals surface area contributed by atoms with Gasteiger partial charge in [0.25, 0.3) is 5.91 Å². The number of nitrogens with zero attached hydrogens (tertiary/aromatic N) is 4. The molecular formula is C24H27N5O. The molecule has 30 heavy (non-hydrogen) atoms. The maximum Gasteiger partial charge on any atom is 0.270 e. The number of imidazole rings is 1. The number of hydrogen-bond donors (Lipinski definition) is 1. The van der Waals surface area contributed by atoms with E-state index in [0.29, 0.717) is 17.5 Å². The van der Waals surface area contributed by atoms with Crippen LogP contribution in [0.1, 0.15) is 60.5 Å². The summed E-state index contributed by atoms with van der Waals surface area (Å²) in [4.78, 5) is 27.2. The van der Waals surface area contributed by atoms with E-state index in [4.69, 9.17) is 4.98 Å². The fourth-order valence-corrected chi connectivity index (χ4v) is 7.14. The zero-order valence-corrected chi connectivity index (χ0v) is 17.6. The van der Waals surface area contributed by atoms with Gasteiger partial charge in [0.15, 0.2) is 5.65 Å². The minimum atomic E-state index is -0.155. The van der Waals surface area contributed by atoms with E-state index >= 15 is 0 Å². The fraction of sp³-hybridized carbons (Fsp3) is 0.500. The van der Waals surface area contributed by atoms with Gasteiger partial charge in [-0.1, -0.05) is 6.07 Å². The number of nitrogens with one attached hydrogen (secondary N) is 1. The van der Waals surface area contributed by atoms with Crippen molar-refractivity contribution >= 4 is 17.1 Å². The largest absolute Gasteiger partial charge is 0.345 e. The Morgan fingerprint density at radius 2 is 1.90 bits per heavy atom. The molecule has 1 amide bonds. The number of hydrogen-bond acceptors (Lipinski definition) is 4. The first-order valence-corrected chi connectivity index (χ1v) is 11.0. The van der Waals surface area contributed by atoms with Crippen molar-refractivity contribution in [2.45, 2.75) is 56.4 Å². The molecule has 1 N–H and O–H groups in total. The van der Waals surface area contributed by atoms with Crippen molar-refractivity contribution in [3.63, 3.8) is 0 Å². The Hall–Kier alpha value is -2.76. The molecule has 3 heterocycles. The molecule has 0 spiro atoms. The number of amides is 1. The van der Waals surface area contributed by atoms with Crippen molar-refractivity contribution in [3.8, 4) is 0 Å².